The van der Waals surface area contributed by atoms with E-state index in [2.05, 4.69) is 0 Å². The molecule has 0 aromatic carbocycles. The van der Waals surface area contributed by atoms with Crippen LogP contribution < -0.4 is 0 Å². The van der Waals surface area contributed by atoms with Gasteiger partial charge in [-0.25, -0.2) is 4.79 Å². The highest BCUT2D eigenvalue weighted by molar-refractivity contribution is 5.69. The van der Waals surface area contributed by atoms with Gasteiger partial charge in [0.05, 0.1) is 0 Å². The van der Waals surface area contributed by atoms with Crippen molar-refractivity contribution in [1.29, 1.82) is 0 Å². The van der Waals surface area contributed by atoms with E-state index in [1.54, 1.807) is 4.90 Å². The molecular formula is C15H27NO3. The smallest absolute Gasteiger partial charge is 0.410 e. The molecular weight excluding hydrogens is 242 g/mol. The van der Waals surface area contributed by atoms with Gasteiger partial charge in [-0.2, -0.15) is 0 Å². The predicted octanol–water partition coefficient (Wildman–Crippen LogP) is 3.54. The minimum Gasteiger partial charge on any atom is -0.444 e. The molecule has 0 aromatic heterocycles. The highest BCUT2D eigenvalue weighted by Crippen LogP contribution is 2.23. The van der Waals surface area contributed by atoms with Crippen LogP contribution in [0.2, 0.25) is 0 Å². The van der Waals surface area contributed by atoms with Crippen molar-refractivity contribution < 1.29 is 14.3 Å². The average molecular weight is 269 g/mol. The molecule has 1 aliphatic carbocycles. The molecule has 0 bridgehead atoms. The molecule has 1 fully saturated rings. The zero-order chi connectivity index (χ0) is 14.3. The normalized spacial score (nSPS) is 17.6. The van der Waals surface area contributed by atoms with E-state index in [0.29, 0.717) is 13.0 Å². The lowest BCUT2D eigenvalue weighted by atomic mass is 10.1. The van der Waals surface area contributed by atoms with Crippen molar-refractivity contribution in [2.24, 2.45) is 0 Å². The summed E-state index contributed by atoms with van der Waals surface area (Å²) < 4.78 is 5.46. The second-order valence-electron chi connectivity index (χ2n) is 6.27. The summed E-state index contributed by atoms with van der Waals surface area (Å²) in [4.78, 5) is 24.6. The first-order chi connectivity index (χ1) is 8.94. The molecule has 0 spiro atoms. The standard InChI is InChI=1S/C15H27NO3/c1-15(2,3)19-14(18)16(11-8-12-17)13-9-6-4-5-7-10-13/h12-13H,4-11H2,1-3H3. The third-order valence-electron chi connectivity index (χ3n) is 3.38. The molecule has 0 radical (unpaired) electrons. The first kappa shape index (κ1) is 16.0. The molecule has 110 valence electrons. The maximum atomic E-state index is 12.3. The van der Waals surface area contributed by atoms with Crippen molar-refractivity contribution in [2.45, 2.75) is 77.4 Å². The number of ether oxygens (including phenoxy) is 1. The van der Waals surface area contributed by atoms with Gasteiger partial charge in [-0.05, 0) is 33.6 Å². The second kappa shape index (κ2) is 7.51. The lowest BCUT2D eigenvalue weighted by Gasteiger charge is -2.32. The molecule has 4 nitrogen and oxygen atoms in total. The van der Waals surface area contributed by atoms with Gasteiger partial charge in [0.2, 0.25) is 0 Å². The summed E-state index contributed by atoms with van der Waals surface area (Å²) in [5.41, 5.74) is -0.485. The summed E-state index contributed by atoms with van der Waals surface area (Å²) in [7, 11) is 0. The molecule has 19 heavy (non-hydrogen) atoms. The zero-order valence-electron chi connectivity index (χ0n) is 12.5. The summed E-state index contributed by atoms with van der Waals surface area (Å²) in [6, 6.07) is 0.234. The highest BCUT2D eigenvalue weighted by atomic mass is 16.6. The lowest BCUT2D eigenvalue weighted by Crippen LogP contribution is -2.44. The summed E-state index contributed by atoms with van der Waals surface area (Å²) in [6.45, 7) is 6.09. The van der Waals surface area contributed by atoms with Gasteiger partial charge in [0.1, 0.15) is 11.9 Å². The third kappa shape index (κ3) is 6.08. The van der Waals surface area contributed by atoms with Crippen molar-refractivity contribution in [1.82, 2.24) is 4.90 Å². The minimum absolute atomic E-state index is 0.234. The van der Waals surface area contributed by atoms with E-state index in [0.717, 1.165) is 32.0 Å². The number of hydrogen-bond acceptors (Lipinski definition) is 3. The van der Waals surface area contributed by atoms with Crippen LogP contribution in [0.25, 0.3) is 0 Å². The summed E-state index contributed by atoms with van der Waals surface area (Å²) in [5, 5.41) is 0. The Balaban J connectivity index is 2.68. The molecule has 0 saturated heterocycles. The topological polar surface area (TPSA) is 46.6 Å². The van der Waals surface area contributed by atoms with Gasteiger partial charge >= 0.3 is 6.09 Å². The fourth-order valence-electron chi connectivity index (χ4n) is 2.50. The lowest BCUT2D eigenvalue weighted by molar-refractivity contribution is -0.108. The van der Waals surface area contributed by atoms with E-state index in [1.165, 1.54) is 12.8 Å². The van der Waals surface area contributed by atoms with Crippen molar-refractivity contribution in [2.75, 3.05) is 6.54 Å². The maximum absolute atomic E-state index is 12.3. The number of aldehydes is 1. The quantitative estimate of drug-likeness (QED) is 0.579. The van der Waals surface area contributed by atoms with Crippen LogP contribution >= 0.6 is 0 Å². The Kier molecular flexibility index (Phi) is 6.32. The van der Waals surface area contributed by atoms with Gasteiger partial charge in [-0.1, -0.05) is 25.7 Å². The first-order valence-corrected chi connectivity index (χ1v) is 7.37. The molecule has 1 amide bonds. The maximum Gasteiger partial charge on any atom is 0.410 e. The average Bonchev–Trinajstić information content (AvgIpc) is 2.56. The summed E-state index contributed by atoms with van der Waals surface area (Å²) in [5.74, 6) is 0. The van der Waals surface area contributed by atoms with Crippen LogP contribution in [-0.2, 0) is 9.53 Å². The molecule has 0 atom stereocenters. The Bertz CT molecular complexity index is 288. The molecule has 0 aliphatic heterocycles. The van der Waals surface area contributed by atoms with Crippen LogP contribution in [0, 0.1) is 0 Å². The molecule has 1 rings (SSSR count). The van der Waals surface area contributed by atoms with Crippen LogP contribution in [0.5, 0.6) is 0 Å². The van der Waals surface area contributed by atoms with Crippen LogP contribution in [-0.4, -0.2) is 35.5 Å². The van der Waals surface area contributed by atoms with E-state index in [-0.39, 0.29) is 12.1 Å². The molecule has 0 aromatic rings. The van der Waals surface area contributed by atoms with Crippen LogP contribution in [0.15, 0.2) is 0 Å². The number of rotatable bonds is 4. The molecule has 0 N–H and O–H groups in total. The van der Waals surface area contributed by atoms with Crippen LogP contribution in [0.4, 0.5) is 4.79 Å². The first-order valence-electron chi connectivity index (χ1n) is 7.37. The Morgan fingerprint density at radius 2 is 1.79 bits per heavy atom. The van der Waals surface area contributed by atoms with Crippen molar-refractivity contribution >= 4 is 12.4 Å². The van der Waals surface area contributed by atoms with E-state index >= 15 is 0 Å². The van der Waals surface area contributed by atoms with Crippen molar-refractivity contribution in [3.63, 3.8) is 0 Å². The van der Waals surface area contributed by atoms with E-state index < -0.39 is 5.60 Å². The van der Waals surface area contributed by atoms with Crippen molar-refractivity contribution in [3.05, 3.63) is 0 Å². The molecule has 0 heterocycles. The Hall–Kier alpha value is -1.06. The van der Waals surface area contributed by atoms with E-state index in [4.69, 9.17) is 4.74 Å². The second-order valence-corrected chi connectivity index (χ2v) is 6.27. The summed E-state index contributed by atoms with van der Waals surface area (Å²) in [6.07, 6.45) is 7.83. The molecule has 0 unspecified atom stereocenters. The monoisotopic (exact) mass is 269 g/mol. The molecule has 1 saturated carbocycles. The Morgan fingerprint density at radius 3 is 2.26 bits per heavy atom. The number of hydrogen-bond donors (Lipinski definition) is 0. The minimum atomic E-state index is -0.485. The largest absolute Gasteiger partial charge is 0.444 e. The number of carbonyl (C=O) groups is 2. The fraction of sp³-hybridized carbons (Fsp3) is 0.867. The summed E-state index contributed by atoms with van der Waals surface area (Å²) >= 11 is 0. The number of nitrogens with zero attached hydrogens (tertiary/aromatic N) is 1. The van der Waals surface area contributed by atoms with Gasteiger partial charge in [-0.15, -0.1) is 0 Å². The zero-order valence-corrected chi connectivity index (χ0v) is 12.5. The molecule has 1 aliphatic rings. The van der Waals surface area contributed by atoms with Gasteiger partial charge in [-0.3, -0.25) is 0 Å². The molecule has 4 heteroatoms. The van der Waals surface area contributed by atoms with Crippen LogP contribution in [0.3, 0.4) is 0 Å². The highest BCUT2D eigenvalue weighted by Gasteiger charge is 2.28. The Morgan fingerprint density at radius 1 is 1.21 bits per heavy atom. The third-order valence-corrected chi connectivity index (χ3v) is 3.38. The van der Waals surface area contributed by atoms with Gasteiger partial charge < -0.3 is 14.4 Å². The van der Waals surface area contributed by atoms with Gasteiger partial charge in [0, 0.05) is 19.0 Å². The number of amides is 1. The Labute approximate surface area is 116 Å². The van der Waals surface area contributed by atoms with Crippen LogP contribution in [0.1, 0.15) is 65.7 Å². The predicted molar refractivity (Wildman–Crippen MR) is 75.1 cm³/mol. The van der Waals surface area contributed by atoms with E-state index in [9.17, 15) is 9.59 Å². The van der Waals surface area contributed by atoms with Gasteiger partial charge in [0.25, 0.3) is 0 Å². The van der Waals surface area contributed by atoms with E-state index in [1.807, 2.05) is 20.8 Å². The fourth-order valence-corrected chi connectivity index (χ4v) is 2.50. The van der Waals surface area contributed by atoms with Gasteiger partial charge in [0.15, 0.2) is 0 Å². The SMILES string of the molecule is CC(C)(C)OC(=O)N(CCC=O)C1CCCCCC1. The number of carbonyl (C=O) groups excluding carboxylic acids is 2. The van der Waals surface area contributed by atoms with Crippen molar-refractivity contribution in [3.8, 4) is 0 Å².